The second kappa shape index (κ2) is 10.8. The maximum absolute atomic E-state index is 12.5. The monoisotopic (exact) mass is 498 g/mol. The van der Waals surface area contributed by atoms with E-state index in [1.165, 1.54) is 6.26 Å². The number of aromatic hydroxyl groups is 1. The van der Waals surface area contributed by atoms with Gasteiger partial charge in [0, 0.05) is 32.6 Å². The van der Waals surface area contributed by atoms with Gasteiger partial charge < -0.3 is 24.1 Å². The van der Waals surface area contributed by atoms with Crippen molar-refractivity contribution >= 4 is 17.8 Å². The van der Waals surface area contributed by atoms with E-state index in [1.54, 1.807) is 21.9 Å². The maximum atomic E-state index is 12.5. The Morgan fingerprint density at radius 2 is 1.50 bits per heavy atom. The minimum atomic E-state index is -0.447. The molecule has 0 spiro atoms. The molecule has 1 aliphatic heterocycles. The Bertz CT molecular complexity index is 1050. The average Bonchev–Trinajstić information content (AvgIpc) is 3.35. The van der Waals surface area contributed by atoms with Gasteiger partial charge in [0.1, 0.15) is 5.75 Å². The van der Waals surface area contributed by atoms with Gasteiger partial charge >= 0.3 is 5.97 Å². The third-order valence-corrected chi connectivity index (χ3v) is 6.41. The van der Waals surface area contributed by atoms with Gasteiger partial charge in [-0.25, -0.2) is 0 Å². The first-order valence-corrected chi connectivity index (χ1v) is 12.4. The summed E-state index contributed by atoms with van der Waals surface area (Å²) >= 11 is 0. The quantitative estimate of drug-likeness (QED) is 0.604. The largest absolute Gasteiger partial charge is 0.507 e. The highest BCUT2D eigenvalue weighted by Crippen LogP contribution is 2.40. The molecule has 0 radical (unpaired) electrons. The standard InChI is InChI=1S/C28H38N2O6/c1-27(2,3)20-16-19(17-21(25(20)33)28(4,5)6)9-10-24(32)36-18-23(31)29-11-13-30(14-12-29)26(34)22-8-7-15-35-22/h7-8,15-17,33H,9-14,18H2,1-6H3. The number of phenols is 1. The first kappa shape index (κ1) is 27.3. The van der Waals surface area contributed by atoms with Crippen molar-refractivity contribution in [2.45, 2.75) is 65.2 Å². The highest BCUT2D eigenvalue weighted by molar-refractivity contribution is 5.91. The Morgan fingerprint density at radius 3 is 2.00 bits per heavy atom. The van der Waals surface area contributed by atoms with Gasteiger partial charge in [-0.15, -0.1) is 0 Å². The summed E-state index contributed by atoms with van der Waals surface area (Å²) in [4.78, 5) is 40.5. The van der Waals surface area contributed by atoms with Gasteiger partial charge in [0.15, 0.2) is 12.4 Å². The Labute approximate surface area is 213 Å². The molecule has 8 heteroatoms. The summed E-state index contributed by atoms with van der Waals surface area (Å²) in [6.07, 6.45) is 2.04. The second-order valence-corrected chi connectivity index (χ2v) is 11.4. The molecule has 1 aromatic heterocycles. The van der Waals surface area contributed by atoms with Crippen LogP contribution in [0.1, 0.15) is 75.2 Å². The highest BCUT2D eigenvalue weighted by atomic mass is 16.5. The van der Waals surface area contributed by atoms with Crippen LogP contribution < -0.4 is 0 Å². The Morgan fingerprint density at radius 1 is 0.944 bits per heavy atom. The smallest absolute Gasteiger partial charge is 0.306 e. The van der Waals surface area contributed by atoms with Crippen molar-refractivity contribution in [2.75, 3.05) is 32.8 Å². The lowest BCUT2D eigenvalue weighted by Gasteiger charge is -2.34. The molecule has 0 bridgehead atoms. The molecule has 1 saturated heterocycles. The minimum absolute atomic E-state index is 0.136. The summed E-state index contributed by atoms with van der Waals surface area (Å²) in [5, 5.41) is 10.9. The SMILES string of the molecule is CC(C)(C)c1cc(CCC(=O)OCC(=O)N2CCN(C(=O)c3ccco3)CC2)cc(C(C)(C)C)c1O. The number of rotatable bonds is 6. The molecule has 3 rings (SSSR count). The van der Waals surface area contributed by atoms with Gasteiger partial charge in [-0.1, -0.05) is 53.7 Å². The normalized spacial score (nSPS) is 14.6. The summed E-state index contributed by atoms with van der Waals surface area (Å²) in [6.45, 7) is 13.5. The van der Waals surface area contributed by atoms with Crippen molar-refractivity contribution < 1.29 is 28.6 Å². The van der Waals surface area contributed by atoms with Crippen LogP contribution in [0.2, 0.25) is 0 Å². The van der Waals surface area contributed by atoms with E-state index >= 15 is 0 Å². The predicted molar refractivity (Wildman–Crippen MR) is 136 cm³/mol. The summed E-state index contributed by atoms with van der Waals surface area (Å²) in [7, 11) is 0. The van der Waals surface area contributed by atoms with Crippen molar-refractivity contribution in [3.8, 4) is 5.75 Å². The number of hydrogen-bond acceptors (Lipinski definition) is 6. The number of ether oxygens (including phenoxy) is 1. The van der Waals surface area contributed by atoms with Gasteiger partial charge in [-0.2, -0.15) is 0 Å². The maximum Gasteiger partial charge on any atom is 0.306 e. The molecule has 2 heterocycles. The number of nitrogens with zero attached hydrogens (tertiary/aromatic N) is 2. The summed E-state index contributed by atoms with van der Waals surface area (Å²) in [6, 6.07) is 7.18. The molecule has 1 aromatic carbocycles. The van der Waals surface area contributed by atoms with E-state index in [2.05, 4.69) is 0 Å². The van der Waals surface area contributed by atoms with Crippen molar-refractivity contribution in [2.24, 2.45) is 0 Å². The van der Waals surface area contributed by atoms with E-state index < -0.39 is 5.97 Å². The lowest BCUT2D eigenvalue weighted by molar-refractivity contribution is -0.152. The molecule has 0 atom stereocenters. The molecule has 1 aliphatic rings. The van der Waals surface area contributed by atoms with Crippen LogP contribution >= 0.6 is 0 Å². The predicted octanol–water partition coefficient (Wildman–Crippen LogP) is 4.04. The zero-order chi connectivity index (χ0) is 26.7. The number of furan rings is 1. The fraction of sp³-hybridized carbons (Fsp3) is 0.536. The lowest BCUT2D eigenvalue weighted by Crippen LogP contribution is -2.51. The van der Waals surface area contributed by atoms with Gasteiger partial charge in [0.05, 0.1) is 6.26 Å². The molecule has 0 aliphatic carbocycles. The third-order valence-electron chi connectivity index (χ3n) is 6.41. The van der Waals surface area contributed by atoms with Crippen molar-refractivity contribution in [1.29, 1.82) is 0 Å². The van der Waals surface area contributed by atoms with Gasteiger partial charge in [0.2, 0.25) is 0 Å². The minimum Gasteiger partial charge on any atom is -0.507 e. The van der Waals surface area contributed by atoms with E-state index in [-0.39, 0.29) is 41.4 Å². The number of amides is 2. The number of carbonyl (C=O) groups excluding carboxylic acids is 3. The van der Waals surface area contributed by atoms with Gasteiger partial charge in [-0.3, -0.25) is 14.4 Å². The van der Waals surface area contributed by atoms with Gasteiger partial charge in [0.25, 0.3) is 11.8 Å². The molecular weight excluding hydrogens is 460 g/mol. The van der Waals surface area contributed by atoms with Crippen LogP contribution in [0, 0.1) is 0 Å². The third kappa shape index (κ3) is 6.68. The fourth-order valence-electron chi connectivity index (χ4n) is 4.25. The zero-order valence-corrected chi connectivity index (χ0v) is 22.2. The van der Waals surface area contributed by atoms with E-state index in [4.69, 9.17) is 9.15 Å². The average molecular weight is 499 g/mol. The molecule has 0 saturated carbocycles. The molecule has 8 nitrogen and oxygen atoms in total. The molecule has 1 fully saturated rings. The van der Waals surface area contributed by atoms with Crippen molar-refractivity contribution in [3.05, 3.63) is 53.0 Å². The van der Waals surface area contributed by atoms with Crippen LogP contribution in [0.5, 0.6) is 5.75 Å². The first-order chi connectivity index (χ1) is 16.8. The summed E-state index contributed by atoms with van der Waals surface area (Å²) in [5.74, 6) is -0.336. The van der Waals surface area contributed by atoms with E-state index in [9.17, 15) is 19.5 Å². The molecule has 2 aromatic rings. The van der Waals surface area contributed by atoms with E-state index in [0.29, 0.717) is 38.3 Å². The Kier molecular flexibility index (Phi) is 8.16. The molecular formula is C28H38N2O6. The Balaban J connectivity index is 1.51. The number of hydrogen-bond donors (Lipinski definition) is 1. The van der Waals surface area contributed by atoms with Crippen LogP contribution in [0.4, 0.5) is 0 Å². The van der Waals surface area contributed by atoms with E-state index in [0.717, 1.165) is 16.7 Å². The van der Waals surface area contributed by atoms with E-state index in [1.807, 2.05) is 53.7 Å². The van der Waals surface area contributed by atoms with Crippen LogP contribution in [0.15, 0.2) is 34.9 Å². The summed E-state index contributed by atoms with van der Waals surface area (Å²) < 4.78 is 10.4. The number of carbonyl (C=O) groups is 3. The second-order valence-electron chi connectivity index (χ2n) is 11.4. The van der Waals surface area contributed by atoms with Crippen LogP contribution in [-0.2, 0) is 31.6 Å². The number of aryl methyl sites for hydroxylation is 1. The highest BCUT2D eigenvalue weighted by Gasteiger charge is 2.28. The fourth-order valence-corrected chi connectivity index (χ4v) is 4.25. The molecule has 2 amide bonds. The lowest BCUT2D eigenvalue weighted by atomic mass is 9.78. The van der Waals surface area contributed by atoms with Crippen LogP contribution in [-0.4, -0.2) is 65.5 Å². The molecule has 36 heavy (non-hydrogen) atoms. The molecule has 196 valence electrons. The Hall–Kier alpha value is -3.29. The van der Waals surface area contributed by atoms with Crippen LogP contribution in [0.25, 0.3) is 0 Å². The number of phenolic OH excluding ortho intramolecular Hbond substituents is 1. The summed E-state index contributed by atoms with van der Waals surface area (Å²) in [5.41, 5.74) is 2.14. The van der Waals surface area contributed by atoms with Crippen LogP contribution in [0.3, 0.4) is 0 Å². The van der Waals surface area contributed by atoms with Gasteiger partial charge in [-0.05, 0) is 46.1 Å². The molecule has 1 N–H and O–H groups in total. The van der Waals surface area contributed by atoms with Crippen molar-refractivity contribution in [3.63, 3.8) is 0 Å². The van der Waals surface area contributed by atoms with Crippen molar-refractivity contribution in [1.82, 2.24) is 9.80 Å². The first-order valence-electron chi connectivity index (χ1n) is 12.4. The number of esters is 1. The molecule has 0 unspecified atom stereocenters. The number of piperazine rings is 1. The number of benzene rings is 1. The zero-order valence-electron chi connectivity index (χ0n) is 22.2. The topological polar surface area (TPSA) is 100 Å².